The van der Waals surface area contributed by atoms with Crippen LogP contribution in [0.15, 0.2) is 47.4 Å². The van der Waals surface area contributed by atoms with Gasteiger partial charge in [0.25, 0.3) is 0 Å². The molecule has 0 aromatic heterocycles. The maximum atomic E-state index is 12.7. The average Bonchev–Trinajstić information content (AvgIpc) is 3.24. The average molecular weight is 366 g/mol. The molecule has 6 heteroatoms. The molecule has 27 heavy (non-hydrogen) atoms. The van der Waals surface area contributed by atoms with Gasteiger partial charge < -0.3 is 20.1 Å². The Labute approximate surface area is 157 Å². The highest BCUT2D eigenvalue weighted by Crippen LogP contribution is 2.65. The molecule has 3 heterocycles. The molecule has 1 aromatic carbocycles. The van der Waals surface area contributed by atoms with E-state index in [4.69, 9.17) is 4.74 Å². The van der Waals surface area contributed by atoms with E-state index in [0.29, 0.717) is 31.4 Å². The number of rotatable bonds is 2. The molecule has 5 rings (SSSR count). The molecule has 0 unspecified atom stereocenters. The van der Waals surface area contributed by atoms with Gasteiger partial charge in [0.05, 0.1) is 29.6 Å². The molecule has 4 aliphatic rings. The molecule has 3 aliphatic heterocycles. The Morgan fingerprint density at radius 3 is 2.93 bits per heavy atom. The van der Waals surface area contributed by atoms with Gasteiger partial charge in [-0.05, 0) is 30.9 Å². The summed E-state index contributed by atoms with van der Waals surface area (Å²) in [5.74, 6) is -0.440. The normalized spacial score (nSPS) is 33.1. The molecule has 1 saturated heterocycles. The number of amides is 1. The molecule has 1 spiro atoms. The third kappa shape index (κ3) is 1.71. The van der Waals surface area contributed by atoms with Crippen molar-refractivity contribution in [1.82, 2.24) is 4.90 Å². The van der Waals surface area contributed by atoms with E-state index in [1.165, 1.54) is 13.2 Å². The number of para-hydroxylation sites is 1. The van der Waals surface area contributed by atoms with Crippen LogP contribution in [0, 0.1) is 5.41 Å². The van der Waals surface area contributed by atoms with Crippen LogP contribution < -0.4 is 5.32 Å². The monoisotopic (exact) mass is 366 g/mol. The molecule has 3 atom stereocenters. The molecule has 2 N–H and O–H groups in total. The first-order valence-corrected chi connectivity index (χ1v) is 9.40. The van der Waals surface area contributed by atoms with Crippen LogP contribution in [0.3, 0.4) is 0 Å². The van der Waals surface area contributed by atoms with E-state index in [1.807, 2.05) is 30.0 Å². The second kappa shape index (κ2) is 5.15. The van der Waals surface area contributed by atoms with Crippen LogP contribution in [0.1, 0.15) is 31.7 Å². The number of carbonyl (C=O) groups excluding carboxylic acids is 2. The minimum Gasteiger partial charge on any atom is -0.511 e. The van der Waals surface area contributed by atoms with E-state index in [0.717, 1.165) is 16.9 Å². The number of nitrogens with zero attached hydrogens (tertiary/aromatic N) is 1. The highest BCUT2D eigenvalue weighted by Gasteiger charge is 2.68. The lowest BCUT2D eigenvalue weighted by Gasteiger charge is -2.54. The number of anilines is 1. The van der Waals surface area contributed by atoms with Gasteiger partial charge in [0.15, 0.2) is 0 Å². The second-order valence-corrected chi connectivity index (χ2v) is 7.89. The molecule has 1 fully saturated rings. The largest absolute Gasteiger partial charge is 0.511 e. The zero-order valence-corrected chi connectivity index (χ0v) is 15.4. The van der Waals surface area contributed by atoms with Crippen molar-refractivity contribution < 1.29 is 19.4 Å². The van der Waals surface area contributed by atoms with Crippen LogP contribution in [0.2, 0.25) is 0 Å². The second-order valence-electron chi connectivity index (χ2n) is 7.89. The van der Waals surface area contributed by atoms with E-state index in [1.54, 1.807) is 0 Å². The molecule has 1 amide bonds. The van der Waals surface area contributed by atoms with Crippen molar-refractivity contribution in [3.05, 3.63) is 52.9 Å². The maximum Gasteiger partial charge on any atom is 0.335 e. The van der Waals surface area contributed by atoms with Crippen LogP contribution in [-0.4, -0.2) is 41.6 Å². The van der Waals surface area contributed by atoms with Crippen LogP contribution in [0.5, 0.6) is 0 Å². The number of benzene rings is 1. The van der Waals surface area contributed by atoms with E-state index >= 15 is 0 Å². The smallest absolute Gasteiger partial charge is 0.335 e. The molecule has 0 radical (unpaired) electrons. The van der Waals surface area contributed by atoms with Crippen molar-refractivity contribution >= 4 is 17.6 Å². The fraction of sp³-hybridized carbons (Fsp3) is 0.429. The predicted molar refractivity (Wildman–Crippen MR) is 99.0 cm³/mol. The lowest BCUT2D eigenvalue weighted by molar-refractivity contribution is -0.138. The van der Waals surface area contributed by atoms with Gasteiger partial charge in [-0.2, -0.15) is 0 Å². The summed E-state index contributed by atoms with van der Waals surface area (Å²) in [5, 5.41) is 14.4. The summed E-state index contributed by atoms with van der Waals surface area (Å²) in [6.45, 7) is 2.61. The van der Waals surface area contributed by atoms with Crippen molar-refractivity contribution in [2.24, 2.45) is 5.41 Å². The summed E-state index contributed by atoms with van der Waals surface area (Å²) in [5.41, 5.74) is 2.26. The minimum absolute atomic E-state index is 0.0855. The summed E-state index contributed by atoms with van der Waals surface area (Å²) in [6.07, 6.45) is 3.03. The zero-order chi connectivity index (χ0) is 19.0. The van der Waals surface area contributed by atoms with E-state index in [2.05, 4.69) is 11.4 Å². The van der Waals surface area contributed by atoms with Crippen molar-refractivity contribution in [2.45, 2.75) is 37.6 Å². The van der Waals surface area contributed by atoms with Gasteiger partial charge in [0, 0.05) is 24.0 Å². The number of hydrogen-bond donors (Lipinski definition) is 2. The van der Waals surface area contributed by atoms with Crippen LogP contribution in [-0.2, 0) is 19.7 Å². The maximum absolute atomic E-state index is 12.7. The number of ether oxygens (including phenoxy) is 1. The Morgan fingerprint density at radius 1 is 1.41 bits per heavy atom. The van der Waals surface area contributed by atoms with Crippen LogP contribution in [0.4, 0.5) is 5.69 Å². The third-order valence-electron chi connectivity index (χ3n) is 7.07. The fourth-order valence-corrected chi connectivity index (χ4v) is 5.96. The van der Waals surface area contributed by atoms with Gasteiger partial charge in [-0.25, -0.2) is 4.79 Å². The van der Waals surface area contributed by atoms with E-state index < -0.39 is 10.8 Å². The summed E-state index contributed by atoms with van der Waals surface area (Å²) in [6, 6.07) is 7.80. The minimum atomic E-state index is -0.684. The number of fused-ring (bicyclic) bond motifs is 1. The van der Waals surface area contributed by atoms with Crippen molar-refractivity contribution in [3.8, 4) is 0 Å². The van der Waals surface area contributed by atoms with Gasteiger partial charge in [-0.3, -0.25) is 4.79 Å². The summed E-state index contributed by atoms with van der Waals surface area (Å²) >= 11 is 0. The standard InChI is InChI=1S/C21H22N2O4/c1-3-20-11-12(18(26)27-2)17-21(13-6-4-5-7-14(13)22-17)8-9-23(19(20)21)16(25)10-15(20)24/h4-7,10,19,22,24H,3,8-9,11H2,1-2H3/t19-,20+,21-/m1/s1. The van der Waals surface area contributed by atoms with Crippen molar-refractivity contribution in [3.63, 3.8) is 0 Å². The Bertz CT molecular complexity index is 949. The quantitative estimate of drug-likeness (QED) is 0.787. The number of aliphatic hydroxyl groups excluding tert-OH is 1. The zero-order valence-electron chi connectivity index (χ0n) is 15.4. The van der Waals surface area contributed by atoms with Gasteiger partial charge in [0.1, 0.15) is 5.76 Å². The highest BCUT2D eigenvalue weighted by atomic mass is 16.5. The number of hydrogen-bond acceptors (Lipinski definition) is 5. The number of methoxy groups -OCH3 is 1. The lowest BCUT2D eigenvalue weighted by Crippen LogP contribution is -2.61. The first-order valence-electron chi connectivity index (χ1n) is 9.40. The molecule has 1 aromatic rings. The Hall–Kier alpha value is -2.76. The number of nitrogens with one attached hydrogen (secondary N) is 1. The van der Waals surface area contributed by atoms with Crippen LogP contribution >= 0.6 is 0 Å². The molecular formula is C21H22N2O4. The fourth-order valence-electron chi connectivity index (χ4n) is 5.96. The molecule has 1 aliphatic carbocycles. The van der Waals surface area contributed by atoms with Crippen molar-refractivity contribution in [1.29, 1.82) is 0 Å². The topological polar surface area (TPSA) is 78.9 Å². The van der Waals surface area contributed by atoms with Gasteiger partial charge in [-0.1, -0.05) is 25.1 Å². The van der Waals surface area contributed by atoms with E-state index in [-0.39, 0.29) is 23.7 Å². The third-order valence-corrected chi connectivity index (χ3v) is 7.07. The molecule has 0 saturated carbocycles. The first kappa shape index (κ1) is 16.4. The molecule has 140 valence electrons. The Morgan fingerprint density at radius 2 is 2.19 bits per heavy atom. The summed E-state index contributed by atoms with van der Waals surface area (Å²) < 4.78 is 5.11. The highest BCUT2D eigenvalue weighted by molar-refractivity contribution is 5.96. The van der Waals surface area contributed by atoms with E-state index in [9.17, 15) is 14.7 Å². The number of carbonyl (C=O) groups is 2. The summed E-state index contributed by atoms with van der Waals surface area (Å²) in [7, 11) is 1.39. The van der Waals surface area contributed by atoms with Crippen molar-refractivity contribution in [2.75, 3.05) is 19.0 Å². The van der Waals surface area contributed by atoms with Crippen LogP contribution in [0.25, 0.3) is 0 Å². The Balaban J connectivity index is 1.87. The summed E-state index contributed by atoms with van der Waals surface area (Å²) in [4.78, 5) is 27.3. The predicted octanol–water partition coefficient (Wildman–Crippen LogP) is 2.63. The Kier molecular flexibility index (Phi) is 3.13. The lowest BCUT2D eigenvalue weighted by atomic mass is 9.54. The molecular weight excluding hydrogens is 344 g/mol. The van der Waals surface area contributed by atoms with Gasteiger partial charge in [-0.15, -0.1) is 0 Å². The van der Waals surface area contributed by atoms with Gasteiger partial charge in [0.2, 0.25) is 5.91 Å². The number of aliphatic hydroxyl groups is 1. The first-order chi connectivity index (χ1) is 13.0. The molecule has 6 nitrogen and oxygen atoms in total. The number of esters is 1. The SMILES string of the molecule is CC[C@]12CC(C(=O)OC)=C3Nc4ccccc4[C@]34CCN(C(=O)C=C1O)[C@H]24. The molecule has 0 bridgehead atoms. The van der Waals surface area contributed by atoms with Gasteiger partial charge >= 0.3 is 5.97 Å².